The van der Waals surface area contributed by atoms with Crippen LogP contribution in [-0.4, -0.2) is 19.1 Å². The number of rotatable bonds is 2. The largest absolute Gasteiger partial charge is 0.353 e. The van der Waals surface area contributed by atoms with Gasteiger partial charge in [-0.3, -0.25) is 4.79 Å². The molecule has 0 aliphatic carbocycles. The maximum atomic E-state index is 12.0. The molecule has 1 aliphatic rings. The standard InChI is InChI=1S/C16H14ClNO2/c17-13-7-5-12(6-8-13)9-18-11-20-10-16(19)14-3-1-2-4-15(14)18/h1-8H,9-11H2. The minimum atomic E-state index is 0.0270. The van der Waals surface area contributed by atoms with Crippen LogP contribution in [0.15, 0.2) is 48.5 Å². The lowest BCUT2D eigenvalue weighted by Gasteiger charge is -2.23. The molecule has 1 aliphatic heterocycles. The molecule has 0 unspecified atom stereocenters. The SMILES string of the molecule is O=C1COCN(Cc2ccc(Cl)cc2)c2ccccc21. The van der Waals surface area contributed by atoms with Gasteiger partial charge in [0.25, 0.3) is 0 Å². The molecule has 0 N–H and O–H groups in total. The molecule has 20 heavy (non-hydrogen) atoms. The molecular weight excluding hydrogens is 274 g/mol. The lowest BCUT2D eigenvalue weighted by atomic mass is 10.1. The van der Waals surface area contributed by atoms with Crippen molar-refractivity contribution in [1.29, 1.82) is 0 Å². The first kappa shape index (κ1) is 13.2. The number of ketones is 1. The highest BCUT2D eigenvalue weighted by Crippen LogP contribution is 2.25. The van der Waals surface area contributed by atoms with Crippen molar-refractivity contribution in [2.24, 2.45) is 0 Å². The van der Waals surface area contributed by atoms with Crippen molar-refractivity contribution in [1.82, 2.24) is 0 Å². The molecule has 0 radical (unpaired) electrons. The van der Waals surface area contributed by atoms with Crippen molar-refractivity contribution in [2.45, 2.75) is 6.54 Å². The molecule has 0 saturated carbocycles. The molecule has 102 valence electrons. The van der Waals surface area contributed by atoms with E-state index in [4.69, 9.17) is 16.3 Å². The average molecular weight is 288 g/mol. The van der Waals surface area contributed by atoms with Gasteiger partial charge in [-0.15, -0.1) is 0 Å². The van der Waals surface area contributed by atoms with E-state index in [1.807, 2.05) is 48.5 Å². The van der Waals surface area contributed by atoms with Crippen LogP contribution in [0.5, 0.6) is 0 Å². The van der Waals surface area contributed by atoms with Crippen molar-refractivity contribution >= 4 is 23.1 Å². The Morgan fingerprint density at radius 1 is 1.10 bits per heavy atom. The molecule has 0 saturated heterocycles. The van der Waals surface area contributed by atoms with E-state index in [1.54, 1.807) is 0 Å². The molecule has 3 nitrogen and oxygen atoms in total. The van der Waals surface area contributed by atoms with Crippen molar-refractivity contribution in [2.75, 3.05) is 18.2 Å². The number of hydrogen-bond donors (Lipinski definition) is 0. The summed E-state index contributed by atoms with van der Waals surface area (Å²) < 4.78 is 5.45. The van der Waals surface area contributed by atoms with Crippen LogP contribution in [-0.2, 0) is 11.3 Å². The van der Waals surface area contributed by atoms with Gasteiger partial charge in [0.15, 0.2) is 5.78 Å². The van der Waals surface area contributed by atoms with Crippen molar-refractivity contribution in [3.8, 4) is 0 Å². The summed E-state index contributed by atoms with van der Waals surface area (Å²) >= 11 is 5.90. The van der Waals surface area contributed by atoms with Crippen molar-refractivity contribution in [3.05, 3.63) is 64.7 Å². The Balaban J connectivity index is 1.91. The monoisotopic (exact) mass is 287 g/mol. The molecule has 0 spiro atoms. The van der Waals surface area contributed by atoms with Gasteiger partial charge in [0.2, 0.25) is 0 Å². The second-order valence-corrected chi connectivity index (χ2v) is 5.18. The van der Waals surface area contributed by atoms with E-state index >= 15 is 0 Å². The quantitative estimate of drug-likeness (QED) is 0.846. The van der Waals surface area contributed by atoms with Gasteiger partial charge >= 0.3 is 0 Å². The summed E-state index contributed by atoms with van der Waals surface area (Å²) in [6, 6.07) is 15.3. The molecule has 0 fully saturated rings. The molecule has 2 aromatic rings. The van der Waals surface area contributed by atoms with Gasteiger partial charge < -0.3 is 9.64 Å². The van der Waals surface area contributed by atoms with Gasteiger partial charge in [0, 0.05) is 22.8 Å². The van der Waals surface area contributed by atoms with Gasteiger partial charge in [0.1, 0.15) is 13.3 Å². The molecule has 2 aromatic carbocycles. The van der Waals surface area contributed by atoms with Crippen LogP contribution in [0.1, 0.15) is 15.9 Å². The molecule has 4 heteroatoms. The summed E-state index contributed by atoms with van der Waals surface area (Å²) in [5, 5.41) is 0.719. The maximum Gasteiger partial charge on any atom is 0.190 e. The molecule has 3 rings (SSSR count). The van der Waals surface area contributed by atoms with Gasteiger partial charge in [-0.05, 0) is 29.8 Å². The van der Waals surface area contributed by atoms with Crippen LogP contribution in [0, 0.1) is 0 Å². The highest BCUT2D eigenvalue weighted by Gasteiger charge is 2.20. The fraction of sp³-hybridized carbons (Fsp3) is 0.188. The van der Waals surface area contributed by atoms with E-state index in [0.29, 0.717) is 13.3 Å². The van der Waals surface area contributed by atoms with Crippen molar-refractivity contribution in [3.63, 3.8) is 0 Å². The van der Waals surface area contributed by atoms with Gasteiger partial charge in [-0.25, -0.2) is 0 Å². The first-order chi connectivity index (χ1) is 9.74. The minimum Gasteiger partial charge on any atom is -0.353 e. The normalized spacial score (nSPS) is 14.8. The molecule has 0 aromatic heterocycles. The number of carbonyl (C=O) groups is 1. The summed E-state index contributed by atoms with van der Waals surface area (Å²) in [7, 11) is 0. The summed E-state index contributed by atoms with van der Waals surface area (Å²) in [5.41, 5.74) is 2.77. The Morgan fingerprint density at radius 3 is 2.65 bits per heavy atom. The van der Waals surface area contributed by atoms with E-state index in [1.165, 1.54) is 0 Å². The molecular formula is C16H14ClNO2. The highest BCUT2D eigenvalue weighted by molar-refractivity contribution is 6.30. The number of nitrogens with zero attached hydrogens (tertiary/aromatic N) is 1. The summed E-state index contributed by atoms with van der Waals surface area (Å²) in [4.78, 5) is 14.0. The Labute approximate surface area is 122 Å². The number of halogens is 1. The summed E-state index contributed by atoms with van der Waals surface area (Å²) in [6.45, 7) is 1.22. The number of fused-ring (bicyclic) bond motifs is 1. The Morgan fingerprint density at radius 2 is 1.85 bits per heavy atom. The van der Waals surface area contributed by atoms with Gasteiger partial charge in [0.05, 0.1) is 0 Å². The lowest BCUT2D eigenvalue weighted by molar-refractivity contribution is 0.0781. The number of para-hydroxylation sites is 1. The van der Waals surface area contributed by atoms with Crippen LogP contribution in [0.4, 0.5) is 5.69 Å². The number of anilines is 1. The van der Waals surface area contributed by atoms with E-state index in [9.17, 15) is 4.79 Å². The van der Waals surface area contributed by atoms with Gasteiger partial charge in [-0.1, -0.05) is 35.9 Å². The Hall–Kier alpha value is -1.84. The van der Waals surface area contributed by atoms with Gasteiger partial charge in [-0.2, -0.15) is 0 Å². The summed E-state index contributed by atoms with van der Waals surface area (Å²) in [6.07, 6.45) is 0. The van der Waals surface area contributed by atoms with Crippen LogP contribution in [0.3, 0.4) is 0 Å². The van der Waals surface area contributed by atoms with E-state index in [2.05, 4.69) is 4.90 Å². The predicted molar refractivity (Wildman–Crippen MR) is 79.2 cm³/mol. The van der Waals surface area contributed by atoms with E-state index in [0.717, 1.165) is 21.8 Å². The summed E-state index contributed by atoms with van der Waals surface area (Å²) in [5.74, 6) is 0.0270. The third kappa shape index (κ3) is 2.69. The van der Waals surface area contributed by atoms with Crippen LogP contribution in [0.2, 0.25) is 5.02 Å². The first-order valence-corrected chi connectivity index (χ1v) is 6.81. The zero-order chi connectivity index (χ0) is 13.9. The predicted octanol–water partition coefficient (Wildman–Crippen LogP) is 3.52. The Kier molecular flexibility index (Phi) is 3.72. The zero-order valence-corrected chi connectivity index (χ0v) is 11.6. The topological polar surface area (TPSA) is 29.5 Å². The number of Topliss-reactive ketones (excluding diaryl/α,β-unsaturated/α-hetero) is 1. The first-order valence-electron chi connectivity index (χ1n) is 6.43. The number of carbonyl (C=O) groups excluding carboxylic acids is 1. The molecule has 0 bridgehead atoms. The number of benzene rings is 2. The average Bonchev–Trinajstić information content (AvgIpc) is 2.62. The smallest absolute Gasteiger partial charge is 0.190 e. The van der Waals surface area contributed by atoms with Crippen LogP contribution >= 0.6 is 11.6 Å². The van der Waals surface area contributed by atoms with Crippen molar-refractivity contribution < 1.29 is 9.53 Å². The number of hydrogen-bond acceptors (Lipinski definition) is 3. The Bertz CT molecular complexity index is 625. The van der Waals surface area contributed by atoms with E-state index in [-0.39, 0.29) is 12.4 Å². The fourth-order valence-electron chi connectivity index (χ4n) is 2.32. The maximum absolute atomic E-state index is 12.0. The molecule has 0 atom stereocenters. The zero-order valence-electron chi connectivity index (χ0n) is 10.9. The highest BCUT2D eigenvalue weighted by atomic mass is 35.5. The number of ether oxygens (including phenoxy) is 1. The molecule has 1 heterocycles. The molecule has 0 amide bonds. The van der Waals surface area contributed by atoms with E-state index < -0.39 is 0 Å². The minimum absolute atomic E-state index is 0.0270. The second-order valence-electron chi connectivity index (χ2n) is 4.74. The van der Waals surface area contributed by atoms with Crippen LogP contribution in [0.25, 0.3) is 0 Å². The second kappa shape index (κ2) is 5.65. The lowest BCUT2D eigenvalue weighted by Crippen LogP contribution is -2.24. The third-order valence-electron chi connectivity index (χ3n) is 3.31. The fourth-order valence-corrected chi connectivity index (χ4v) is 2.45. The van der Waals surface area contributed by atoms with Crippen LogP contribution < -0.4 is 4.90 Å². The third-order valence-corrected chi connectivity index (χ3v) is 3.56.